The second-order valence-electron chi connectivity index (χ2n) is 34.7. The molecule has 2 heterocycles. The van der Waals surface area contributed by atoms with Crippen LogP contribution in [0.3, 0.4) is 0 Å². The molecule has 2 fully saturated rings. The number of hydrogen-bond donors (Lipinski definition) is 36. The summed E-state index contributed by atoms with van der Waals surface area (Å²) in [6, 6.07) is -1.66. The Bertz CT molecular complexity index is 5090. The summed E-state index contributed by atoms with van der Waals surface area (Å²) in [5.41, 5.74) is 58.2. The Morgan fingerprint density at radius 1 is 0.400 bits per heavy atom. The van der Waals surface area contributed by atoms with E-state index in [2.05, 4.69) is 101 Å². The van der Waals surface area contributed by atoms with E-state index in [1.807, 2.05) is 6.07 Å². The molecule has 46 N–H and O–H groups in total. The van der Waals surface area contributed by atoms with Gasteiger partial charge in [0.25, 0.3) is 0 Å². The summed E-state index contributed by atoms with van der Waals surface area (Å²) in [6.07, 6.45) is -2.37. The Hall–Kier alpha value is -15.2. The number of carbonyl (C=O) groups is 16. The average Bonchev–Trinajstić information content (AvgIpc) is 1.75. The molecule has 0 aliphatic carbocycles. The van der Waals surface area contributed by atoms with Crippen molar-refractivity contribution in [3.05, 3.63) is 108 Å². The number of benzene rings is 4. The Labute approximate surface area is 845 Å². The first-order valence-corrected chi connectivity index (χ1v) is 50.0. The van der Waals surface area contributed by atoms with Crippen LogP contribution < -0.4 is 158 Å². The van der Waals surface area contributed by atoms with Crippen LogP contribution in [-0.2, 0) is 86.4 Å². The van der Waals surface area contributed by atoms with Crippen molar-refractivity contribution in [3.63, 3.8) is 0 Å². The number of hydrogen-bond acceptors (Lipinski definition) is 27. The molecule has 53 nitrogen and oxygen atoms in total. The maximum atomic E-state index is 16.0. The van der Waals surface area contributed by atoms with E-state index in [1.165, 1.54) is 53.4 Å². The molecular weight excluding hydrogens is 1920 g/mol. The third kappa shape index (κ3) is 44.5. The van der Waals surface area contributed by atoms with Gasteiger partial charge in [0, 0.05) is 83.1 Å². The predicted molar refractivity (Wildman–Crippen MR) is 544 cm³/mol. The van der Waals surface area contributed by atoms with Crippen molar-refractivity contribution in [1.29, 1.82) is 27.0 Å². The van der Waals surface area contributed by atoms with E-state index in [1.54, 1.807) is 36.4 Å². The summed E-state index contributed by atoms with van der Waals surface area (Å²) in [5.74, 6) is -18.1. The van der Waals surface area contributed by atoms with Gasteiger partial charge < -0.3 is 173 Å². The molecule has 0 aromatic heterocycles. The SMILES string of the molecule is N=C(N)NCCC[C@H](NC(=O)[C@@H]1CSSC[C@H](NC(=O)[C@H](Cc2ccc3ccccc3c2)NC(=O)[C@H](CCCNC(=N)N)NC(=O)[C@@H](N)CCCNC(=N)N)C(=O)N[C@@H](Cc2ccc(O)cc2)C(=O)N[C@@H](CCCNC(=N)N)C(=O)N[C@@H](CCCCN)C(=O)N[C@H](CCCNC(N)=O)C(=O)N2CCC[C@H]2C(=O)N[C@@H](Cc2ccc(O)cc2)C(=O)N[C@@H](CCCNC(=N)N)C(=O)N[C@@H](CCCNC(N)=O)C(=O)N1)C(N)=O. The van der Waals surface area contributed by atoms with E-state index in [-0.39, 0.29) is 210 Å². The van der Waals surface area contributed by atoms with Crippen molar-refractivity contribution in [2.75, 3.05) is 70.4 Å². The zero-order valence-electron chi connectivity index (χ0n) is 80.5. The Balaban J connectivity index is 1.62. The van der Waals surface area contributed by atoms with Crippen LogP contribution in [0.15, 0.2) is 91.0 Å². The van der Waals surface area contributed by atoms with E-state index in [9.17, 15) is 29.4 Å². The molecule has 55 heteroatoms. The number of nitrogens with one attached hydrogen (secondary N) is 24. The predicted octanol–water partition coefficient (Wildman–Crippen LogP) is -7.36. The summed E-state index contributed by atoms with van der Waals surface area (Å²) in [4.78, 5) is 238. The quantitative estimate of drug-likeness (QED) is 0.00846. The topological polar surface area (TPSA) is 925 Å². The van der Waals surface area contributed by atoms with Crippen LogP contribution >= 0.6 is 21.6 Å². The molecule has 0 spiro atoms. The number of guanidine groups is 5. The van der Waals surface area contributed by atoms with Crippen molar-refractivity contribution in [3.8, 4) is 11.5 Å². The number of amides is 18. The van der Waals surface area contributed by atoms with Crippen LogP contribution in [0.5, 0.6) is 11.5 Å². The van der Waals surface area contributed by atoms with Crippen LogP contribution in [0.4, 0.5) is 9.59 Å². The maximum Gasteiger partial charge on any atom is 0.312 e. The minimum absolute atomic E-state index is 0.000648. The fourth-order valence-corrected chi connectivity index (χ4v) is 17.9. The Kier molecular flexibility index (Phi) is 51.5. The van der Waals surface area contributed by atoms with E-state index < -0.39 is 228 Å². The Morgan fingerprint density at radius 2 is 0.793 bits per heavy atom. The molecule has 0 bridgehead atoms. The lowest BCUT2D eigenvalue weighted by Crippen LogP contribution is -2.61. The van der Waals surface area contributed by atoms with Gasteiger partial charge in [0.15, 0.2) is 29.8 Å². The van der Waals surface area contributed by atoms with Gasteiger partial charge >= 0.3 is 12.1 Å². The number of nitrogens with zero attached hydrogens (tertiary/aromatic N) is 1. The summed E-state index contributed by atoms with van der Waals surface area (Å²) in [5, 5.41) is 112. The van der Waals surface area contributed by atoms with E-state index in [4.69, 9.17) is 84.4 Å². The number of urea groups is 2. The maximum absolute atomic E-state index is 16.0. The number of unbranched alkanes of at least 4 members (excludes halogenated alkanes) is 1. The van der Waals surface area contributed by atoms with Gasteiger partial charge in [-0.1, -0.05) is 88.3 Å². The molecule has 18 amide bonds. The average molecular weight is 2070 g/mol. The second-order valence-corrected chi connectivity index (χ2v) is 37.2. The Morgan fingerprint density at radius 3 is 1.26 bits per heavy atom. The number of phenols is 2. The van der Waals surface area contributed by atoms with Crippen LogP contribution in [0.1, 0.15) is 139 Å². The van der Waals surface area contributed by atoms with Crippen LogP contribution in [-0.4, -0.2) is 295 Å². The standard InChI is InChI=1S/C90H141N35O18S2/c91-34-4-3-16-58-74(132)119-63(22-11-41-112-90(105)143)83(141)125-42-12-23-69(125)82(140)122-65(45-50-27-32-55(127)33-28-50)78(136)118-61(20-9-39-110-88(102)103)73(131)116-62(21-10-40-111-89(104)142)76(134)123-67(80(138)113-57(70(93)128)17-6-36-107-85(96)97)47-144-145-48-68(81(139)121-64(44-49-25-30-54(126)31-26-49)77(135)117-60(72(130)115-58)19-8-38-109-87(100)101)124-79(137)66(46-51-24-29-52-13-1-2-14-53(52)43-51)120-75(133)59(18-7-37-108-86(98)99)114-71(129)56(92)15-5-35-106-84(94)95/h1-2,13-14,24-33,43,56-69,126-127H,3-12,15-23,34-42,44-48,91-92H2,(H2,93,128)(H,113,138)(H,114,129)(H,115,130)(H,116,131)(H,117,135)(H,118,136)(H,119,132)(H,120,133)(H,121,139)(H,122,140)(H,123,134)(H,124,137)(H4,94,95,106)(H4,96,97,107)(H4,98,99,108)(H4,100,101,109)(H4,102,103,110)(H3,104,111,142)(H3,105,112,143)/t56-,57-,58-,59-,60-,61-,62-,63+,64-,65-,66-,67-,68-,69-/m0/s1. The van der Waals surface area contributed by atoms with Crippen molar-refractivity contribution < 1.29 is 86.9 Å². The molecule has 0 radical (unpaired) electrons. The first kappa shape index (κ1) is 119. The number of primary amides is 3. The molecule has 2 saturated heterocycles. The van der Waals surface area contributed by atoms with Gasteiger partial charge in [0.05, 0.1) is 6.04 Å². The lowest BCUT2D eigenvalue weighted by Gasteiger charge is -2.31. The number of phenolic OH excluding ortho intramolecular Hbond substituents is 2. The van der Waals surface area contributed by atoms with Gasteiger partial charge in [-0.3, -0.25) is 94.2 Å². The van der Waals surface area contributed by atoms with Crippen LogP contribution in [0.25, 0.3) is 10.8 Å². The monoisotopic (exact) mass is 2060 g/mol. The van der Waals surface area contributed by atoms with Crippen LogP contribution in [0, 0.1) is 27.0 Å². The molecule has 2 aliphatic rings. The minimum Gasteiger partial charge on any atom is -0.508 e. The van der Waals surface area contributed by atoms with Crippen molar-refractivity contribution >= 4 is 157 Å². The first-order chi connectivity index (χ1) is 69.1. The number of carbonyl (C=O) groups excluding carboxylic acids is 16. The number of fused-ring (bicyclic) bond motifs is 2. The number of aromatic hydroxyl groups is 2. The minimum atomic E-state index is -1.91. The molecule has 2 aliphatic heterocycles. The zero-order valence-corrected chi connectivity index (χ0v) is 82.2. The van der Waals surface area contributed by atoms with Crippen LogP contribution in [0.2, 0.25) is 0 Å². The lowest BCUT2D eigenvalue weighted by molar-refractivity contribution is -0.142. The van der Waals surface area contributed by atoms with Crippen molar-refractivity contribution in [2.45, 2.75) is 226 Å². The number of nitrogens with two attached hydrogens (primary N) is 10. The van der Waals surface area contributed by atoms with Crippen molar-refractivity contribution in [1.82, 2.24) is 106 Å². The van der Waals surface area contributed by atoms with Gasteiger partial charge in [0.1, 0.15) is 90.0 Å². The highest BCUT2D eigenvalue weighted by atomic mass is 33.1. The summed E-state index contributed by atoms with van der Waals surface area (Å²) >= 11 is 0. The van der Waals surface area contributed by atoms with Gasteiger partial charge in [-0.05, 0) is 180 Å². The zero-order chi connectivity index (χ0) is 107. The van der Waals surface area contributed by atoms with Gasteiger partial charge in [-0.15, -0.1) is 0 Å². The fraction of sp³-hybridized carbons (Fsp3) is 0.522. The molecule has 796 valence electrons. The van der Waals surface area contributed by atoms with Crippen molar-refractivity contribution in [2.24, 2.45) is 57.3 Å². The largest absolute Gasteiger partial charge is 0.508 e. The third-order valence-electron chi connectivity index (χ3n) is 23.2. The lowest BCUT2D eigenvalue weighted by atomic mass is 10.00. The molecule has 145 heavy (non-hydrogen) atoms. The van der Waals surface area contributed by atoms with E-state index in [0.717, 1.165) is 27.0 Å². The van der Waals surface area contributed by atoms with Gasteiger partial charge in [-0.25, -0.2) is 9.59 Å². The molecule has 0 unspecified atom stereocenters. The first-order valence-electron chi connectivity index (χ1n) is 47.5. The molecular formula is C90H141N35O18S2. The summed E-state index contributed by atoms with van der Waals surface area (Å²) in [6.45, 7) is -0.420. The van der Waals surface area contributed by atoms with Gasteiger partial charge in [0.2, 0.25) is 82.7 Å². The molecule has 4 aromatic rings. The molecule has 6 rings (SSSR count). The third-order valence-corrected chi connectivity index (χ3v) is 25.6. The smallest absolute Gasteiger partial charge is 0.312 e. The summed E-state index contributed by atoms with van der Waals surface area (Å²) < 4.78 is 0. The highest BCUT2D eigenvalue weighted by Crippen LogP contribution is 2.27. The second kappa shape index (κ2) is 63.0. The molecule has 14 atom stereocenters. The molecule has 4 aromatic carbocycles. The van der Waals surface area contributed by atoms with Gasteiger partial charge in [-0.2, -0.15) is 0 Å². The molecule has 0 saturated carbocycles. The fourth-order valence-electron chi connectivity index (χ4n) is 15.5. The van der Waals surface area contributed by atoms with E-state index in [0.29, 0.717) is 16.5 Å². The number of rotatable bonds is 47. The highest BCUT2D eigenvalue weighted by molar-refractivity contribution is 8.76. The summed E-state index contributed by atoms with van der Waals surface area (Å²) in [7, 11) is 1.50. The normalized spacial score (nSPS) is 20.0. The highest BCUT2D eigenvalue weighted by Gasteiger charge is 2.43. The van der Waals surface area contributed by atoms with E-state index >= 15 is 57.5 Å².